The minimum absolute atomic E-state index is 0.213. The minimum Gasteiger partial charge on any atom is -0.493 e. The zero-order chi connectivity index (χ0) is 13.1. The fourth-order valence-corrected chi connectivity index (χ4v) is 2.85. The number of hydrogen-bond acceptors (Lipinski definition) is 3. The van der Waals surface area contributed by atoms with E-state index >= 15 is 0 Å². The average molecular weight is 257 g/mol. The molecule has 0 bridgehead atoms. The molecule has 3 rings (SSSR count). The van der Waals surface area contributed by atoms with Crippen LogP contribution in [0.15, 0.2) is 47.1 Å². The van der Waals surface area contributed by atoms with Crippen molar-refractivity contribution in [2.24, 2.45) is 0 Å². The fourth-order valence-electron chi connectivity index (χ4n) is 2.85. The van der Waals surface area contributed by atoms with E-state index in [1.807, 2.05) is 24.3 Å². The third-order valence-corrected chi connectivity index (χ3v) is 3.68. The molecule has 0 saturated carbocycles. The van der Waals surface area contributed by atoms with Crippen LogP contribution in [0.1, 0.15) is 36.6 Å². The molecule has 2 heterocycles. The third-order valence-electron chi connectivity index (χ3n) is 3.68. The summed E-state index contributed by atoms with van der Waals surface area (Å²) in [6.45, 7) is 3.82. The number of rotatable bonds is 4. The Kier molecular flexibility index (Phi) is 3.56. The van der Waals surface area contributed by atoms with Gasteiger partial charge in [0.15, 0.2) is 0 Å². The number of benzene rings is 1. The Hall–Kier alpha value is -1.74. The largest absolute Gasteiger partial charge is 0.493 e. The van der Waals surface area contributed by atoms with Crippen molar-refractivity contribution in [2.45, 2.75) is 25.3 Å². The van der Waals surface area contributed by atoms with Crippen LogP contribution < -0.4 is 10.1 Å². The maximum absolute atomic E-state index is 5.74. The molecule has 0 aliphatic carbocycles. The summed E-state index contributed by atoms with van der Waals surface area (Å²) in [5.74, 6) is 2.41. The number of likely N-dealkylation sites (N-methyl/N-ethyl adjacent to an activating group) is 1. The van der Waals surface area contributed by atoms with Crippen LogP contribution in [0, 0.1) is 0 Å². The van der Waals surface area contributed by atoms with E-state index in [9.17, 15) is 0 Å². The summed E-state index contributed by atoms with van der Waals surface area (Å²) in [4.78, 5) is 0. The lowest BCUT2D eigenvalue weighted by atomic mass is 9.85. The first-order chi connectivity index (χ1) is 9.40. The molecule has 0 saturated heterocycles. The molecule has 2 unspecified atom stereocenters. The quantitative estimate of drug-likeness (QED) is 0.910. The molecule has 1 N–H and O–H groups in total. The first-order valence-corrected chi connectivity index (χ1v) is 6.88. The third kappa shape index (κ3) is 2.38. The Morgan fingerprint density at radius 3 is 2.95 bits per heavy atom. The highest BCUT2D eigenvalue weighted by Crippen LogP contribution is 2.41. The van der Waals surface area contributed by atoms with Crippen molar-refractivity contribution in [3.63, 3.8) is 0 Å². The molecule has 100 valence electrons. The van der Waals surface area contributed by atoms with Gasteiger partial charge in [-0.05, 0) is 36.7 Å². The Balaban J connectivity index is 1.96. The number of fused-ring (bicyclic) bond motifs is 1. The van der Waals surface area contributed by atoms with Crippen LogP contribution in [0.25, 0.3) is 0 Å². The molecule has 2 atom stereocenters. The zero-order valence-corrected chi connectivity index (χ0v) is 11.1. The second-order valence-corrected chi connectivity index (χ2v) is 4.83. The van der Waals surface area contributed by atoms with Crippen molar-refractivity contribution in [3.8, 4) is 5.75 Å². The average Bonchev–Trinajstić information content (AvgIpc) is 2.98. The number of nitrogens with one attached hydrogen (secondary N) is 1. The first kappa shape index (κ1) is 12.3. The van der Waals surface area contributed by atoms with Crippen molar-refractivity contribution in [2.75, 3.05) is 13.2 Å². The van der Waals surface area contributed by atoms with Gasteiger partial charge in [0.05, 0.1) is 18.9 Å². The van der Waals surface area contributed by atoms with Gasteiger partial charge in [0.25, 0.3) is 0 Å². The Morgan fingerprint density at radius 2 is 2.16 bits per heavy atom. The van der Waals surface area contributed by atoms with E-state index in [4.69, 9.17) is 9.15 Å². The van der Waals surface area contributed by atoms with Crippen LogP contribution in [0.3, 0.4) is 0 Å². The molecule has 1 aliphatic heterocycles. The van der Waals surface area contributed by atoms with Crippen LogP contribution in [0.2, 0.25) is 0 Å². The minimum atomic E-state index is 0.213. The fraction of sp³-hybridized carbons (Fsp3) is 0.375. The van der Waals surface area contributed by atoms with E-state index in [2.05, 4.69) is 24.4 Å². The Morgan fingerprint density at radius 1 is 1.26 bits per heavy atom. The van der Waals surface area contributed by atoms with E-state index in [1.54, 1.807) is 6.26 Å². The zero-order valence-electron chi connectivity index (χ0n) is 11.1. The predicted octanol–water partition coefficient (Wildman–Crippen LogP) is 3.50. The molecule has 0 fully saturated rings. The van der Waals surface area contributed by atoms with Gasteiger partial charge in [0, 0.05) is 5.92 Å². The molecule has 3 nitrogen and oxygen atoms in total. The number of para-hydroxylation sites is 1. The van der Waals surface area contributed by atoms with Crippen LogP contribution in [0.4, 0.5) is 0 Å². The topological polar surface area (TPSA) is 34.4 Å². The van der Waals surface area contributed by atoms with Crippen molar-refractivity contribution >= 4 is 0 Å². The molecule has 3 heteroatoms. The van der Waals surface area contributed by atoms with Gasteiger partial charge in [-0.3, -0.25) is 0 Å². The molecule has 2 aromatic rings. The van der Waals surface area contributed by atoms with E-state index < -0.39 is 0 Å². The van der Waals surface area contributed by atoms with Gasteiger partial charge in [0.1, 0.15) is 11.5 Å². The molecule has 1 aromatic carbocycles. The van der Waals surface area contributed by atoms with E-state index in [1.165, 1.54) is 5.56 Å². The maximum Gasteiger partial charge on any atom is 0.122 e. The summed E-state index contributed by atoms with van der Waals surface area (Å²) >= 11 is 0. The highest BCUT2D eigenvalue weighted by atomic mass is 16.5. The van der Waals surface area contributed by atoms with Crippen LogP contribution in [-0.2, 0) is 0 Å². The lowest BCUT2D eigenvalue weighted by molar-refractivity contribution is 0.237. The lowest BCUT2D eigenvalue weighted by Crippen LogP contribution is -2.30. The highest BCUT2D eigenvalue weighted by molar-refractivity contribution is 5.39. The number of ether oxygens (including phenoxy) is 1. The molecular weight excluding hydrogens is 238 g/mol. The summed E-state index contributed by atoms with van der Waals surface area (Å²) in [6, 6.07) is 12.5. The van der Waals surface area contributed by atoms with Gasteiger partial charge in [-0.25, -0.2) is 0 Å². The van der Waals surface area contributed by atoms with Crippen LogP contribution in [-0.4, -0.2) is 13.2 Å². The summed E-state index contributed by atoms with van der Waals surface area (Å²) in [7, 11) is 0. The van der Waals surface area contributed by atoms with Gasteiger partial charge >= 0.3 is 0 Å². The molecule has 1 aromatic heterocycles. The Labute approximate surface area is 113 Å². The second-order valence-electron chi connectivity index (χ2n) is 4.83. The molecule has 0 spiro atoms. The van der Waals surface area contributed by atoms with Gasteiger partial charge in [-0.15, -0.1) is 0 Å². The summed E-state index contributed by atoms with van der Waals surface area (Å²) in [5, 5.41) is 3.55. The van der Waals surface area contributed by atoms with Crippen molar-refractivity contribution < 1.29 is 9.15 Å². The highest BCUT2D eigenvalue weighted by Gasteiger charge is 2.30. The van der Waals surface area contributed by atoms with Crippen molar-refractivity contribution in [1.82, 2.24) is 5.32 Å². The maximum atomic E-state index is 5.74. The lowest BCUT2D eigenvalue weighted by Gasteiger charge is -2.31. The first-order valence-electron chi connectivity index (χ1n) is 6.88. The summed E-state index contributed by atoms with van der Waals surface area (Å²) < 4.78 is 11.4. The van der Waals surface area contributed by atoms with E-state index in [0.29, 0.717) is 5.92 Å². The van der Waals surface area contributed by atoms with E-state index in [0.717, 1.165) is 31.1 Å². The van der Waals surface area contributed by atoms with E-state index in [-0.39, 0.29) is 6.04 Å². The standard InChI is InChI=1S/C16H19NO2/c1-2-17-16(15-8-5-10-18-15)13-9-11-19-14-7-4-3-6-12(13)14/h3-8,10,13,16-17H,2,9,11H2,1H3. The van der Waals surface area contributed by atoms with Gasteiger partial charge in [0.2, 0.25) is 0 Å². The predicted molar refractivity (Wildman–Crippen MR) is 74.4 cm³/mol. The van der Waals surface area contributed by atoms with Gasteiger partial charge in [-0.2, -0.15) is 0 Å². The van der Waals surface area contributed by atoms with Gasteiger partial charge < -0.3 is 14.5 Å². The molecule has 1 aliphatic rings. The summed E-state index contributed by atoms with van der Waals surface area (Å²) in [5.41, 5.74) is 1.27. The normalized spacial score (nSPS) is 19.5. The molecule has 0 amide bonds. The smallest absolute Gasteiger partial charge is 0.122 e. The van der Waals surface area contributed by atoms with Crippen LogP contribution >= 0.6 is 0 Å². The number of furan rings is 1. The van der Waals surface area contributed by atoms with Crippen molar-refractivity contribution in [1.29, 1.82) is 0 Å². The molecule has 19 heavy (non-hydrogen) atoms. The summed E-state index contributed by atoms with van der Waals surface area (Å²) in [6.07, 6.45) is 2.75. The number of hydrogen-bond donors (Lipinski definition) is 1. The van der Waals surface area contributed by atoms with Gasteiger partial charge in [-0.1, -0.05) is 25.1 Å². The second kappa shape index (κ2) is 5.49. The van der Waals surface area contributed by atoms with Crippen molar-refractivity contribution in [3.05, 3.63) is 54.0 Å². The van der Waals surface area contributed by atoms with Crippen LogP contribution in [0.5, 0.6) is 5.75 Å². The SMILES string of the molecule is CCNC(c1ccco1)C1CCOc2ccccc21. The monoisotopic (exact) mass is 257 g/mol. The molecular formula is C16H19NO2. The Bertz CT molecular complexity index is 521. The molecule has 0 radical (unpaired) electrons.